The zero-order chi connectivity index (χ0) is 80.9. The number of nitrogens with one attached hydrogen (secondary N) is 7. The molecule has 9 N–H and O–H groups in total. The Kier molecular flexibility index (Phi) is 27.5. The smallest absolute Gasteiger partial charge is 0.415 e. The van der Waals surface area contributed by atoms with Crippen molar-refractivity contribution in [1.82, 2.24) is 55.8 Å². The SMILES string of the molecule is CC(C)C(NCCNC(=O)c1ccc2nc3c(nc2c1)CSC1CCCCCCC(C1)SC3)C(=O)NC(CCCNC(N)=O)C(=O)Nc1ccc(COC(=O)N(C)CC2CC(N3CCOCC3)CN2C(=O)Oc2cc3c(c4ccccc24)C(CCl)CN3C(=O)c2cc3cc(NC(=O)c4ccc(N5CCN(C)CC5)cc4)ccc3[nH]2)cc1. The number of likely N-dealkylation sites (tertiary alicyclic amines) is 1. The van der Waals surface area contributed by atoms with E-state index in [1.807, 2.05) is 104 Å². The molecule has 9 amide bonds. The van der Waals surface area contributed by atoms with Gasteiger partial charge in [-0.1, -0.05) is 75.9 Å². The fourth-order valence-electron chi connectivity index (χ4n) is 16.6. The Morgan fingerprint density at radius 1 is 0.716 bits per heavy atom. The summed E-state index contributed by atoms with van der Waals surface area (Å²) in [6.07, 6.45) is 8.63. The molecule has 1 aliphatic carbocycles. The first kappa shape index (κ1) is 82.8. The number of aromatic amines is 1. The van der Waals surface area contributed by atoms with E-state index in [4.69, 9.17) is 41.5 Å². The third-order valence-corrected chi connectivity index (χ3v) is 26.1. The Morgan fingerprint density at radius 2 is 1.42 bits per heavy atom. The van der Waals surface area contributed by atoms with Gasteiger partial charge in [0.2, 0.25) is 11.8 Å². The molecule has 7 heterocycles. The Labute approximate surface area is 689 Å². The van der Waals surface area contributed by atoms with E-state index in [0.29, 0.717) is 112 Å². The Morgan fingerprint density at radius 3 is 2.14 bits per heavy atom. The molecule has 7 unspecified atom stereocenters. The van der Waals surface area contributed by atoms with Crippen LogP contribution in [0.2, 0.25) is 0 Å². The van der Waals surface area contributed by atoms with Crippen molar-refractivity contribution in [2.45, 2.75) is 137 Å². The number of likely N-dealkylation sites (N-methyl/N-ethyl adjacent to an activating group) is 2. The Hall–Kier alpha value is -9.75. The summed E-state index contributed by atoms with van der Waals surface area (Å²) in [5.74, 6) is -0.128. The summed E-state index contributed by atoms with van der Waals surface area (Å²) in [4.78, 5) is 136. The van der Waals surface area contributed by atoms with Gasteiger partial charge in [-0.2, -0.15) is 23.5 Å². The average Bonchev–Trinajstić information content (AvgIpc) is 1.57. The number of morpholine rings is 1. The number of thioether (sulfide) groups is 2. The highest BCUT2D eigenvalue weighted by Crippen LogP contribution is 2.47. The van der Waals surface area contributed by atoms with Crippen LogP contribution in [0.5, 0.6) is 5.75 Å². The Balaban J connectivity index is 0.581. The number of nitrogens with zero attached hydrogens (tertiary/aromatic N) is 8. The van der Waals surface area contributed by atoms with Crippen LogP contribution in [0.15, 0.2) is 121 Å². The molecule has 116 heavy (non-hydrogen) atoms. The minimum absolute atomic E-state index is 0.0677. The molecular formula is C86H105ClN16O11S2. The maximum Gasteiger partial charge on any atom is 0.415 e. The van der Waals surface area contributed by atoms with Crippen molar-refractivity contribution in [1.29, 1.82) is 0 Å². The zero-order valence-corrected chi connectivity index (χ0v) is 68.7. The number of nitrogens with two attached hydrogens (primary N) is 1. The number of hydrogen-bond donors (Lipinski definition) is 8. The number of benzene rings is 6. The molecule has 0 radical (unpaired) electrons. The molecule has 2 aromatic heterocycles. The fraction of sp³-hybridized carbons (Fsp3) is 0.465. The van der Waals surface area contributed by atoms with Gasteiger partial charge in [-0.15, -0.1) is 11.6 Å². The third-order valence-electron chi connectivity index (χ3n) is 23.1. The maximum atomic E-state index is 15.0. The summed E-state index contributed by atoms with van der Waals surface area (Å²) in [6, 6.07) is 33.4. The molecule has 27 nitrogen and oxygen atoms in total. The summed E-state index contributed by atoms with van der Waals surface area (Å²) in [6.45, 7) is 11.2. The number of halogens is 1. The number of H-pyrrole nitrogens is 1. The number of aromatic nitrogens is 3. The maximum absolute atomic E-state index is 15.0. The summed E-state index contributed by atoms with van der Waals surface area (Å²) in [5.41, 5.74) is 14.9. The van der Waals surface area contributed by atoms with Crippen LogP contribution in [0.25, 0.3) is 32.7 Å². The molecule has 14 rings (SSSR count). The summed E-state index contributed by atoms with van der Waals surface area (Å²) in [5, 5.41) is 21.1. The quantitative estimate of drug-likeness (QED) is 0.0195. The first-order valence-electron chi connectivity index (χ1n) is 40.6. The Bertz CT molecular complexity index is 4870. The summed E-state index contributed by atoms with van der Waals surface area (Å²) < 4.78 is 18.1. The molecule has 6 aromatic carbocycles. The van der Waals surface area contributed by atoms with Crippen molar-refractivity contribution in [3.05, 3.63) is 161 Å². The molecule has 3 saturated heterocycles. The lowest BCUT2D eigenvalue weighted by Gasteiger charge is -2.34. The minimum Gasteiger partial charge on any atom is -0.445 e. The topological polar surface area (TPSA) is 323 Å². The van der Waals surface area contributed by atoms with E-state index in [1.165, 1.54) is 49.8 Å². The van der Waals surface area contributed by atoms with E-state index in [9.17, 15) is 38.4 Å². The number of fused-ring (bicyclic) bond motifs is 8. The highest BCUT2D eigenvalue weighted by atomic mass is 35.5. The van der Waals surface area contributed by atoms with E-state index < -0.39 is 48.2 Å². The fourth-order valence-corrected chi connectivity index (χ4v) is 19.6. The molecule has 6 aliphatic rings. The van der Waals surface area contributed by atoms with Crippen LogP contribution < -0.4 is 52.2 Å². The largest absolute Gasteiger partial charge is 0.445 e. The lowest BCUT2D eigenvalue weighted by Crippen LogP contribution is -2.54. The number of ether oxygens (including phenoxy) is 3. The van der Waals surface area contributed by atoms with E-state index >= 15 is 0 Å². The van der Waals surface area contributed by atoms with Gasteiger partial charge >= 0.3 is 18.2 Å². The van der Waals surface area contributed by atoms with Crippen LogP contribution in [-0.4, -0.2) is 229 Å². The number of hydrogen-bond acceptors (Lipinski definition) is 19. The normalized spacial score (nSPS) is 19.9. The summed E-state index contributed by atoms with van der Waals surface area (Å²) in [7, 11) is 3.74. The second-order valence-corrected chi connectivity index (χ2v) is 34.5. The van der Waals surface area contributed by atoms with Crippen molar-refractivity contribution in [3.8, 4) is 5.75 Å². The van der Waals surface area contributed by atoms with Crippen molar-refractivity contribution in [3.63, 3.8) is 0 Å². The number of rotatable bonds is 25. The van der Waals surface area contributed by atoms with Crippen LogP contribution in [0.3, 0.4) is 0 Å². The number of alkyl halides is 1. The number of primary amides is 1. The number of urea groups is 1. The molecule has 614 valence electrons. The van der Waals surface area contributed by atoms with Crippen molar-refractivity contribution >= 4 is 138 Å². The number of carbonyl (C=O) groups is 8. The molecular weight excluding hydrogens is 1530 g/mol. The van der Waals surface area contributed by atoms with Gasteiger partial charge in [-0.25, -0.2) is 24.4 Å². The predicted octanol–water partition coefficient (Wildman–Crippen LogP) is 11.7. The molecule has 1 saturated carbocycles. The monoisotopic (exact) mass is 1640 g/mol. The molecule has 5 aliphatic heterocycles. The molecule has 8 aromatic rings. The highest BCUT2D eigenvalue weighted by molar-refractivity contribution is 8.00. The van der Waals surface area contributed by atoms with Gasteiger partial charge < -0.3 is 81.3 Å². The third kappa shape index (κ3) is 20.4. The van der Waals surface area contributed by atoms with Gasteiger partial charge in [0.05, 0.1) is 53.4 Å². The van der Waals surface area contributed by atoms with Gasteiger partial charge in [0, 0.05) is 176 Å². The number of piperazine rings is 1. The van der Waals surface area contributed by atoms with E-state index in [2.05, 4.69) is 58.6 Å². The van der Waals surface area contributed by atoms with E-state index in [-0.39, 0.29) is 93.0 Å². The van der Waals surface area contributed by atoms with Gasteiger partial charge in [0.25, 0.3) is 17.7 Å². The van der Waals surface area contributed by atoms with Gasteiger partial charge in [0.15, 0.2) is 0 Å². The van der Waals surface area contributed by atoms with Crippen molar-refractivity contribution in [2.75, 3.05) is 132 Å². The lowest BCUT2D eigenvalue weighted by atomic mass is 9.95. The van der Waals surface area contributed by atoms with Crippen LogP contribution in [0.4, 0.5) is 37.1 Å². The first-order valence-corrected chi connectivity index (χ1v) is 43.3. The van der Waals surface area contributed by atoms with Crippen LogP contribution >= 0.6 is 35.1 Å². The predicted molar refractivity (Wildman–Crippen MR) is 456 cm³/mol. The lowest BCUT2D eigenvalue weighted by molar-refractivity contribution is -0.128. The van der Waals surface area contributed by atoms with Gasteiger partial charge in [-0.05, 0) is 147 Å². The average molecular weight is 1640 g/mol. The van der Waals surface area contributed by atoms with Gasteiger partial charge in [-0.3, -0.25) is 28.9 Å². The van der Waals surface area contributed by atoms with Crippen molar-refractivity contribution in [2.24, 2.45) is 11.7 Å². The van der Waals surface area contributed by atoms with E-state index in [1.54, 1.807) is 71.4 Å². The highest BCUT2D eigenvalue weighted by Gasteiger charge is 2.42. The number of anilines is 4. The van der Waals surface area contributed by atoms with Crippen molar-refractivity contribution < 1.29 is 52.6 Å². The second-order valence-electron chi connectivity index (χ2n) is 31.6. The number of amides is 9. The molecule has 0 spiro atoms. The molecule has 2 bridgehead atoms. The second kappa shape index (κ2) is 38.6. The standard InChI is InChI=1S/C86H105ClN16O11S2/c1-53(2)78(89-30-31-90-79(104)56-21-27-69-71(41-56)96-74-52-116-65-13-8-6-5-7-12-64(44-65)115-51-73(74)95-69)82(107)97-70(16-11-29-91-84(88)109)81(106)92-59-22-17-54(18-23-59)50-113-85(110)99(4)48-63-43-62(101-36-38-112-39-37-101)49-102(63)86(111)114-76-45-75-77(67-15-10-9-14-66(67)76)58(46-87)47-103(75)83(108)72-42-57-40-60(24-28-68(57)94-72)93-80(105)55-19-25-61(26-20-55)100-34-32-98(3)33-35-100/h9-10,14-15,17-28,40-42,45,53,58,62-65,70,78,89,94H,5-8,11-13,16,29-39,43-44,46-52H2,1-4H3,(H,90,104)(H,92,106)(H,93,105)(H,97,107)(H3,88,91,109). The molecule has 7 atom stereocenters. The molecule has 4 fully saturated rings. The number of carbonyl (C=O) groups excluding carboxylic acids is 8. The minimum atomic E-state index is -1.03. The van der Waals surface area contributed by atoms with Crippen LogP contribution in [0, 0.1) is 5.92 Å². The van der Waals surface area contributed by atoms with E-state index in [0.717, 1.165) is 76.6 Å². The zero-order valence-electron chi connectivity index (χ0n) is 66.3. The summed E-state index contributed by atoms with van der Waals surface area (Å²) >= 11 is 10.8. The van der Waals surface area contributed by atoms with Crippen LogP contribution in [0.1, 0.15) is 138 Å². The van der Waals surface area contributed by atoms with Crippen LogP contribution in [-0.2, 0) is 37.2 Å². The molecule has 30 heteroatoms. The first-order chi connectivity index (χ1) is 56.2. The van der Waals surface area contributed by atoms with Gasteiger partial charge in [0.1, 0.15) is 24.1 Å².